The summed E-state index contributed by atoms with van der Waals surface area (Å²) in [6.07, 6.45) is 8.11. The normalized spacial score (nSPS) is 12.9. The van der Waals surface area contributed by atoms with Gasteiger partial charge in [0.2, 0.25) is 5.28 Å². The van der Waals surface area contributed by atoms with E-state index in [-0.39, 0.29) is 23.8 Å². The number of nitrogen functional groups attached to an aromatic ring is 1. The molecule has 1 atom stereocenters. The third-order valence-corrected chi connectivity index (χ3v) is 3.84. The van der Waals surface area contributed by atoms with E-state index in [1.54, 1.807) is 6.33 Å². The van der Waals surface area contributed by atoms with E-state index >= 15 is 0 Å². The molecule has 0 spiro atoms. The molecular formula is C14H22ClN5O. The van der Waals surface area contributed by atoms with Crippen molar-refractivity contribution in [3.05, 3.63) is 11.6 Å². The molecule has 0 radical (unpaired) electrons. The van der Waals surface area contributed by atoms with Gasteiger partial charge in [0.15, 0.2) is 11.5 Å². The monoisotopic (exact) mass is 311 g/mol. The van der Waals surface area contributed by atoms with Crippen molar-refractivity contribution in [2.75, 3.05) is 12.3 Å². The van der Waals surface area contributed by atoms with Crippen LogP contribution in [0.25, 0.3) is 11.2 Å². The van der Waals surface area contributed by atoms with Crippen LogP contribution in [0.15, 0.2) is 6.33 Å². The third-order valence-electron chi connectivity index (χ3n) is 3.67. The van der Waals surface area contributed by atoms with Gasteiger partial charge in [0.25, 0.3) is 0 Å². The molecule has 6 nitrogen and oxygen atoms in total. The molecule has 3 N–H and O–H groups in total. The fourth-order valence-corrected chi connectivity index (χ4v) is 2.73. The molecule has 7 heteroatoms. The minimum atomic E-state index is 0.121. The molecule has 21 heavy (non-hydrogen) atoms. The second kappa shape index (κ2) is 7.56. The summed E-state index contributed by atoms with van der Waals surface area (Å²) in [5, 5.41) is 9.42. The zero-order chi connectivity index (χ0) is 15.2. The number of aromatic nitrogens is 4. The van der Waals surface area contributed by atoms with Crippen molar-refractivity contribution in [2.24, 2.45) is 0 Å². The average molecular weight is 312 g/mol. The Labute approximate surface area is 129 Å². The number of unbranched alkanes of at least 4 members (excludes halogenated alkanes) is 3. The molecule has 2 aromatic rings. The Bertz CT molecular complexity index is 586. The van der Waals surface area contributed by atoms with Crippen LogP contribution in [0, 0.1) is 0 Å². The maximum absolute atomic E-state index is 9.30. The van der Waals surface area contributed by atoms with Gasteiger partial charge in [0, 0.05) is 12.6 Å². The van der Waals surface area contributed by atoms with Gasteiger partial charge in [-0.05, 0) is 24.4 Å². The number of hydrogen-bond acceptors (Lipinski definition) is 5. The summed E-state index contributed by atoms with van der Waals surface area (Å²) in [4.78, 5) is 12.4. The Hall–Kier alpha value is -1.40. The molecule has 0 saturated heterocycles. The molecule has 1 unspecified atom stereocenters. The van der Waals surface area contributed by atoms with E-state index in [9.17, 15) is 5.11 Å². The number of aliphatic hydroxyl groups excluding tert-OH is 1. The van der Waals surface area contributed by atoms with E-state index in [0.29, 0.717) is 17.6 Å². The third kappa shape index (κ3) is 3.83. The van der Waals surface area contributed by atoms with Gasteiger partial charge in [-0.15, -0.1) is 0 Å². The lowest BCUT2D eigenvalue weighted by molar-refractivity contribution is 0.251. The molecule has 0 amide bonds. The highest BCUT2D eigenvalue weighted by Crippen LogP contribution is 2.26. The van der Waals surface area contributed by atoms with Gasteiger partial charge in [0.1, 0.15) is 5.52 Å². The van der Waals surface area contributed by atoms with Gasteiger partial charge in [-0.3, -0.25) is 0 Å². The number of hydrogen-bond donors (Lipinski definition) is 2. The Morgan fingerprint density at radius 2 is 2.10 bits per heavy atom. The zero-order valence-corrected chi connectivity index (χ0v) is 13.1. The van der Waals surface area contributed by atoms with Crippen molar-refractivity contribution in [2.45, 2.75) is 51.5 Å². The standard InChI is InChI=1S/C14H22ClN5O/c1-2-3-4-5-6-10(7-8-21)20-9-17-11-12(16)18-14(15)19-13(11)20/h9-10,21H,2-8H2,1H3,(H2,16,18,19). The van der Waals surface area contributed by atoms with Gasteiger partial charge in [-0.2, -0.15) is 9.97 Å². The first-order chi connectivity index (χ1) is 10.2. The van der Waals surface area contributed by atoms with Crippen molar-refractivity contribution in [1.82, 2.24) is 19.5 Å². The van der Waals surface area contributed by atoms with Crippen LogP contribution < -0.4 is 5.73 Å². The second-order valence-corrected chi connectivity index (χ2v) is 5.56. The quantitative estimate of drug-likeness (QED) is 0.578. The van der Waals surface area contributed by atoms with Crippen LogP contribution in [0.2, 0.25) is 5.28 Å². The molecule has 0 saturated carbocycles. The van der Waals surface area contributed by atoms with Crippen LogP contribution in [-0.4, -0.2) is 31.2 Å². The number of aliphatic hydroxyl groups is 1. The molecule has 116 valence electrons. The molecule has 2 heterocycles. The summed E-state index contributed by atoms with van der Waals surface area (Å²) in [6, 6.07) is 0.155. The average Bonchev–Trinajstić information content (AvgIpc) is 2.86. The van der Waals surface area contributed by atoms with Gasteiger partial charge in [-0.25, -0.2) is 4.98 Å². The number of halogens is 1. The molecule has 0 aliphatic heterocycles. The van der Waals surface area contributed by atoms with Crippen LogP contribution >= 0.6 is 11.6 Å². The number of anilines is 1. The lowest BCUT2D eigenvalue weighted by atomic mass is 10.0. The first-order valence-electron chi connectivity index (χ1n) is 7.43. The van der Waals surface area contributed by atoms with Crippen LogP contribution in [0.5, 0.6) is 0 Å². The number of nitrogens with zero attached hydrogens (tertiary/aromatic N) is 4. The molecule has 0 aromatic carbocycles. The lowest BCUT2D eigenvalue weighted by Gasteiger charge is -2.18. The molecule has 2 aromatic heterocycles. The minimum absolute atomic E-state index is 0.121. The van der Waals surface area contributed by atoms with Crippen molar-refractivity contribution >= 4 is 28.6 Å². The zero-order valence-electron chi connectivity index (χ0n) is 12.3. The minimum Gasteiger partial charge on any atom is -0.396 e. The van der Waals surface area contributed by atoms with Crippen LogP contribution in [0.3, 0.4) is 0 Å². The van der Waals surface area contributed by atoms with E-state index in [2.05, 4.69) is 21.9 Å². The predicted octanol–water partition coefficient (Wildman–Crippen LogP) is 2.96. The topological polar surface area (TPSA) is 89.8 Å². The maximum atomic E-state index is 9.30. The van der Waals surface area contributed by atoms with Crippen LogP contribution in [0.4, 0.5) is 5.82 Å². The first kappa shape index (κ1) is 16.0. The summed E-state index contributed by atoms with van der Waals surface area (Å²) in [7, 11) is 0. The summed E-state index contributed by atoms with van der Waals surface area (Å²) >= 11 is 5.89. The lowest BCUT2D eigenvalue weighted by Crippen LogP contribution is -2.11. The van der Waals surface area contributed by atoms with Gasteiger partial charge in [0.05, 0.1) is 6.33 Å². The van der Waals surface area contributed by atoms with Crippen LogP contribution in [-0.2, 0) is 0 Å². The highest BCUT2D eigenvalue weighted by Gasteiger charge is 2.17. The number of imidazole rings is 1. The fourth-order valence-electron chi connectivity index (χ4n) is 2.56. The second-order valence-electron chi connectivity index (χ2n) is 5.22. The van der Waals surface area contributed by atoms with Gasteiger partial charge in [-0.1, -0.05) is 32.6 Å². The summed E-state index contributed by atoms with van der Waals surface area (Å²) < 4.78 is 1.96. The van der Waals surface area contributed by atoms with Gasteiger partial charge >= 0.3 is 0 Å². The molecular weight excluding hydrogens is 290 g/mol. The summed E-state index contributed by atoms with van der Waals surface area (Å²) in [5.41, 5.74) is 7.03. The highest BCUT2D eigenvalue weighted by atomic mass is 35.5. The van der Waals surface area contributed by atoms with E-state index in [0.717, 1.165) is 12.8 Å². The molecule has 0 bridgehead atoms. The van der Waals surface area contributed by atoms with Gasteiger partial charge < -0.3 is 15.4 Å². The predicted molar refractivity (Wildman–Crippen MR) is 84.2 cm³/mol. The maximum Gasteiger partial charge on any atom is 0.226 e. The smallest absolute Gasteiger partial charge is 0.226 e. The Balaban J connectivity index is 2.23. The molecule has 0 fully saturated rings. The molecule has 0 aliphatic rings. The van der Waals surface area contributed by atoms with E-state index in [1.165, 1.54) is 19.3 Å². The number of nitrogens with two attached hydrogens (primary N) is 1. The molecule has 0 aliphatic carbocycles. The van der Waals surface area contributed by atoms with Crippen molar-refractivity contribution in [1.29, 1.82) is 0 Å². The van der Waals surface area contributed by atoms with E-state index in [1.807, 2.05) is 4.57 Å². The van der Waals surface area contributed by atoms with E-state index in [4.69, 9.17) is 17.3 Å². The Morgan fingerprint density at radius 3 is 2.81 bits per heavy atom. The summed E-state index contributed by atoms with van der Waals surface area (Å²) in [6.45, 7) is 2.32. The molecule has 2 rings (SSSR count). The van der Waals surface area contributed by atoms with E-state index < -0.39 is 0 Å². The summed E-state index contributed by atoms with van der Waals surface area (Å²) in [5.74, 6) is 0.289. The largest absolute Gasteiger partial charge is 0.396 e. The van der Waals surface area contributed by atoms with Crippen LogP contribution in [0.1, 0.15) is 51.5 Å². The fraction of sp³-hybridized carbons (Fsp3) is 0.643. The van der Waals surface area contributed by atoms with Crippen molar-refractivity contribution in [3.8, 4) is 0 Å². The Morgan fingerprint density at radius 1 is 1.29 bits per heavy atom. The Kier molecular flexibility index (Phi) is 5.76. The SMILES string of the molecule is CCCCCCC(CCO)n1cnc2c(N)nc(Cl)nc21. The van der Waals surface area contributed by atoms with Crippen molar-refractivity contribution < 1.29 is 5.11 Å². The number of rotatable bonds is 8. The first-order valence-corrected chi connectivity index (χ1v) is 7.81. The highest BCUT2D eigenvalue weighted by molar-refractivity contribution is 6.28. The van der Waals surface area contributed by atoms with Crippen molar-refractivity contribution in [3.63, 3.8) is 0 Å². The number of fused-ring (bicyclic) bond motifs is 1.